The number of hydrogen-bond donors (Lipinski definition) is 3. The Balaban J connectivity index is 0.00000312. The van der Waals surface area contributed by atoms with Crippen molar-refractivity contribution in [2.45, 2.75) is 58.0 Å². The standard InChI is InChI=1S/C19H30N4O.HI/c1-3-15-9-7-8-10-16(15)13-21-19(20-2)22-14-18(24)23-17-11-5-4-6-12-17;/h7-10,17H,3-6,11-14H2,1-2H3,(H,23,24)(H2,20,21,22);1H. The van der Waals surface area contributed by atoms with E-state index in [1.807, 2.05) is 6.07 Å². The Bertz CT molecular complexity index is 556. The zero-order chi connectivity index (χ0) is 17.2. The van der Waals surface area contributed by atoms with Gasteiger partial charge in [0.15, 0.2) is 5.96 Å². The number of nitrogens with zero attached hydrogens (tertiary/aromatic N) is 1. The quantitative estimate of drug-likeness (QED) is 0.349. The van der Waals surface area contributed by atoms with E-state index in [2.05, 4.69) is 46.1 Å². The molecule has 0 bridgehead atoms. The van der Waals surface area contributed by atoms with Crippen molar-refractivity contribution in [1.29, 1.82) is 0 Å². The van der Waals surface area contributed by atoms with Gasteiger partial charge in [0.25, 0.3) is 0 Å². The molecule has 3 N–H and O–H groups in total. The number of aliphatic imine (C=N–C) groups is 1. The second-order valence-corrected chi connectivity index (χ2v) is 6.30. The van der Waals surface area contributed by atoms with Gasteiger partial charge >= 0.3 is 0 Å². The summed E-state index contributed by atoms with van der Waals surface area (Å²) in [4.78, 5) is 16.2. The van der Waals surface area contributed by atoms with E-state index in [9.17, 15) is 4.79 Å². The molecule has 0 atom stereocenters. The molecule has 5 nitrogen and oxygen atoms in total. The molecule has 1 aromatic rings. The zero-order valence-electron chi connectivity index (χ0n) is 15.3. The molecular weight excluding hydrogens is 427 g/mol. The maximum Gasteiger partial charge on any atom is 0.239 e. The molecule has 1 saturated carbocycles. The molecule has 0 heterocycles. The van der Waals surface area contributed by atoms with Crippen LogP contribution < -0.4 is 16.0 Å². The summed E-state index contributed by atoms with van der Waals surface area (Å²) in [5, 5.41) is 9.48. The van der Waals surface area contributed by atoms with Gasteiger partial charge in [-0.15, -0.1) is 24.0 Å². The van der Waals surface area contributed by atoms with Crippen molar-refractivity contribution in [1.82, 2.24) is 16.0 Å². The average molecular weight is 458 g/mol. The summed E-state index contributed by atoms with van der Waals surface area (Å²) in [7, 11) is 1.72. The molecule has 25 heavy (non-hydrogen) atoms. The van der Waals surface area contributed by atoms with Crippen LogP contribution in [0, 0.1) is 0 Å². The average Bonchev–Trinajstić information content (AvgIpc) is 2.63. The van der Waals surface area contributed by atoms with Crippen LogP contribution in [-0.2, 0) is 17.8 Å². The molecule has 0 aliphatic heterocycles. The van der Waals surface area contributed by atoms with E-state index >= 15 is 0 Å². The zero-order valence-corrected chi connectivity index (χ0v) is 17.6. The van der Waals surface area contributed by atoms with E-state index in [-0.39, 0.29) is 36.4 Å². The fourth-order valence-corrected chi connectivity index (χ4v) is 3.16. The molecule has 1 aliphatic carbocycles. The predicted molar refractivity (Wildman–Crippen MR) is 114 cm³/mol. The number of carbonyl (C=O) groups excluding carboxylic acids is 1. The first-order valence-electron chi connectivity index (χ1n) is 9.03. The fourth-order valence-electron chi connectivity index (χ4n) is 3.16. The number of halogens is 1. The largest absolute Gasteiger partial charge is 0.352 e. The number of hydrogen-bond acceptors (Lipinski definition) is 2. The van der Waals surface area contributed by atoms with Gasteiger partial charge in [0.05, 0.1) is 6.54 Å². The highest BCUT2D eigenvalue weighted by atomic mass is 127. The van der Waals surface area contributed by atoms with Crippen LogP contribution in [-0.4, -0.2) is 31.5 Å². The van der Waals surface area contributed by atoms with Crippen LogP contribution >= 0.6 is 24.0 Å². The van der Waals surface area contributed by atoms with Gasteiger partial charge in [0.2, 0.25) is 5.91 Å². The Hall–Kier alpha value is -1.31. The molecule has 0 spiro atoms. The number of carbonyl (C=O) groups is 1. The summed E-state index contributed by atoms with van der Waals surface area (Å²) >= 11 is 0. The smallest absolute Gasteiger partial charge is 0.239 e. The highest BCUT2D eigenvalue weighted by Gasteiger charge is 2.15. The molecule has 2 rings (SSSR count). The highest BCUT2D eigenvalue weighted by molar-refractivity contribution is 14.0. The maximum absolute atomic E-state index is 12.0. The molecule has 0 unspecified atom stereocenters. The summed E-state index contributed by atoms with van der Waals surface area (Å²) in [5.41, 5.74) is 2.59. The van der Waals surface area contributed by atoms with E-state index in [1.165, 1.54) is 30.4 Å². The van der Waals surface area contributed by atoms with Crippen LogP contribution in [0.1, 0.15) is 50.2 Å². The van der Waals surface area contributed by atoms with Crippen LogP contribution in [0.15, 0.2) is 29.3 Å². The van der Waals surface area contributed by atoms with Crippen molar-refractivity contribution in [3.63, 3.8) is 0 Å². The number of benzene rings is 1. The molecule has 140 valence electrons. The third kappa shape index (κ3) is 7.63. The van der Waals surface area contributed by atoms with Crippen molar-refractivity contribution < 1.29 is 4.79 Å². The minimum absolute atomic E-state index is 0. The summed E-state index contributed by atoms with van der Waals surface area (Å²) in [5.74, 6) is 0.693. The lowest BCUT2D eigenvalue weighted by Crippen LogP contribution is -2.45. The highest BCUT2D eigenvalue weighted by Crippen LogP contribution is 2.17. The van der Waals surface area contributed by atoms with E-state index in [0.717, 1.165) is 19.3 Å². The van der Waals surface area contributed by atoms with Crippen LogP contribution in [0.4, 0.5) is 0 Å². The second kappa shape index (κ2) is 12.1. The van der Waals surface area contributed by atoms with Gasteiger partial charge in [0, 0.05) is 19.6 Å². The normalized spacial score (nSPS) is 15.2. The Morgan fingerprint density at radius 1 is 1.12 bits per heavy atom. The summed E-state index contributed by atoms with van der Waals surface area (Å²) in [6, 6.07) is 8.72. The fraction of sp³-hybridized carbons (Fsp3) is 0.579. The molecule has 0 aromatic heterocycles. The van der Waals surface area contributed by atoms with Gasteiger partial charge in [-0.1, -0.05) is 50.5 Å². The summed E-state index contributed by atoms with van der Waals surface area (Å²) in [6.07, 6.45) is 6.95. The second-order valence-electron chi connectivity index (χ2n) is 6.30. The van der Waals surface area contributed by atoms with Gasteiger partial charge in [-0.2, -0.15) is 0 Å². The Kier molecular flexibility index (Phi) is 10.5. The lowest BCUT2D eigenvalue weighted by Gasteiger charge is -2.23. The third-order valence-corrected chi connectivity index (χ3v) is 4.56. The van der Waals surface area contributed by atoms with Gasteiger partial charge in [0.1, 0.15) is 0 Å². The summed E-state index contributed by atoms with van der Waals surface area (Å²) in [6.45, 7) is 3.11. The molecular formula is C19H31IN4O. The van der Waals surface area contributed by atoms with E-state index in [1.54, 1.807) is 7.05 Å². The molecule has 1 fully saturated rings. The monoisotopic (exact) mass is 458 g/mol. The molecule has 1 aromatic carbocycles. The maximum atomic E-state index is 12.0. The van der Waals surface area contributed by atoms with Gasteiger partial charge in [-0.3, -0.25) is 9.79 Å². The molecule has 1 amide bonds. The predicted octanol–water partition coefficient (Wildman–Crippen LogP) is 2.98. The van der Waals surface area contributed by atoms with Crippen molar-refractivity contribution in [2.75, 3.05) is 13.6 Å². The van der Waals surface area contributed by atoms with Crippen molar-refractivity contribution >= 4 is 35.8 Å². The SMILES string of the molecule is CCc1ccccc1CNC(=NC)NCC(=O)NC1CCCCC1.I. The number of guanidine groups is 1. The molecule has 0 radical (unpaired) electrons. The minimum atomic E-state index is 0. The first-order valence-corrected chi connectivity index (χ1v) is 9.03. The minimum Gasteiger partial charge on any atom is -0.352 e. The molecule has 0 saturated heterocycles. The summed E-state index contributed by atoms with van der Waals surface area (Å²) < 4.78 is 0. The topological polar surface area (TPSA) is 65.5 Å². The van der Waals surface area contributed by atoms with E-state index in [4.69, 9.17) is 0 Å². The molecule has 6 heteroatoms. The van der Waals surface area contributed by atoms with E-state index in [0.29, 0.717) is 18.5 Å². The first-order chi connectivity index (χ1) is 11.7. The first kappa shape index (κ1) is 21.7. The van der Waals surface area contributed by atoms with Crippen molar-refractivity contribution in [3.05, 3.63) is 35.4 Å². The Morgan fingerprint density at radius 3 is 2.44 bits per heavy atom. The number of rotatable bonds is 6. The van der Waals surface area contributed by atoms with Gasteiger partial charge in [-0.25, -0.2) is 0 Å². The lowest BCUT2D eigenvalue weighted by atomic mass is 9.95. The van der Waals surface area contributed by atoms with Crippen molar-refractivity contribution in [2.24, 2.45) is 4.99 Å². The third-order valence-electron chi connectivity index (χ3n) is 4.56. The Labute approximate surface area is 168 Å². The van der Waals surface area contributed by atoms with Crippen LogP contribution in [0.3, 0.4) is 0 Å². The van der Waals surface area contributed by atoms with Gasteiger partial charge < -0.3 is 16.0 Å². The lowest BCUT2D eigenvalue weighted by molar-refractivity contribution is -0.120. The van der Waals surface area contributed by atoms with Gasteiger partial charge in [-0.05, 0) is 30.4 Å². The Morgan fingerprint density at radius 2 is 1.80 bits per heavy atom. The molecule has 1 aliphatic rings. The number of amides is 1. The number of nitrogens with one attached hydrogen (secondary N) is 3. The number of aryl methyl sites for hydroxylation is 1. The van der Waals surface area contributed by atoms with Crippen LogP contribution in [0.25, 0.3) is 0 Å². The van der Waals surface area contributed by atoms with Crippen LogP contribution in [0.5, 0.6) is 0 Å². The van der Waals surface area contributed by atoms with Crippen LogP contribution in [0.2, 0.25) is 0 Å². The van der Waals surface area contributed by atoms with E-state index < -0.39 is 0 Å². The van der Waals surface area contributed by atoms with Crippen molar-refractivity contribution in [3.8, 4) is 0 Å².